The number of likely N-dealkylation sites (N-methyl/N-ethyl adjacent to an activating group) is 1. The molecule has 1 atom stereocenters. The summed E-state index contributed by atoms with van der Waals surface area (Å²) in [5.74, 6) is 0. The number of aromatic nitrogens is 2. The molecule has 2 rings (SSSR count). The molecule has 0 spiro atoms. The highest BCUT2D eigenvalue weighted by atomic mass is 35.5. The van der Waals surface area contributed by atoms with Gasteiger partial charge in [-0.2, -0.15) is 5.10 Å². The summed E-state index contributed by atoms with van der Waals surface area (Å²) < 4.78 is 0. The minimum atomic E-state index is 0.456. The Morgan fingerprint density at radius 3 is 2.76 bits per heavy atom. The average Bonchev–Trinajstić information content (AvgIpc) is 2.32. The van der Waals surface area contributed by atoms with Crippen LogP contribution in [0.5, 0.6) is 0 Å². The van der Waals surface area contributed by atoms with Gasteiger partial charge in [0.05, 0.1) is 5.69 Å². The van der Waals surface area contributed by atoms with E-state index in [2.05, 4.69) is 33.8 Å². The molecule has 1 unspecified atom stereocenters. The monoisotopic (exact) mass is 254 g/mol. The van der Waals surface area contributed by atoms with E-state index in [-0.39, 0.29) is 0 Å². The summed E-state index contributed by atoms with van der Waals surface area (Å²) in [4.78, 5) is 4.93. The summed E-state index contributed by atoms with van der Waals surface area (Å²) in [6, 6.07) is 4.37. The molecule has 1 aliphatic heterocycles. The van der Waals surface area contributed by atoms with E-state index >= 15 is 0 Å². The summed E-state index contributed by atoms with van der Waals surface area (Å²) in [6.07, 6.45) is 0. The molecule has 1 fully saturated rings. The third-order valence-corrected chi connectivity index (χ3v) is 3.53. The van der Waals surface area contributed by atoms with Gasteiger partial charge in [0.1, 0.15) is 0 Å². The van der Waals surface area contributed by atoms with E-state index in [1.807, 2.05) is 6.07 Å². The molecule has 0 radical (unpaired) electrons. The Morgan fingerprint density at radius 2 is 2.18 bits per heavy atom. The van der Waals surface area contributed by atoms with Crippen molar-refractivity contribution in [3.63, 3.8) is 0 Å². The number of halogens is 1. The molecular formula is C12H19ClN4. The van der Waals surface area contributed by atoms with Crippen LogP contribution in [0.1, 0.15) is 19.5 Å². The fraction of sp³-hybridized carbons (Fsp3) is 0.667. The predicted octanol–water partition coefficient (Wildman–Crippen LogP) is 1.66. The Balaban J connectivity index is 1.90. The third kappa shape index (κ3) is 3.37. The highest BCUT2D eigenvalue weighted by Gasteiger charge is 2.22. The smallest absolute Gasteiger partial charge is 0.151 e. The van der Waals surface area contributed by atoms with Crippen molar-refractivity contribution in [3.8, 4) is 0 Å². The minimum Gasteiger partial charge on any atom is -0.298 e. The zero-order chi connectivity index (χ0) is 12.3. The molecular weight excluding hydrogens is 236 g/mol. The van der Waals surface area contributed by atoms with Crippen molar-refractivity contribution in [3.05, 3.63) is 23.0 Å². The van der Waals surface area contributed by atoms with Crippen LogP contribution in [0.15, 0.2) is 12.1 Å². The Kier molecular flexibility index (Phi) is 4.31. The standard InChI is InChI=1S/C12H19ClN4/c1-3-17-7-6-16(8-10(17)2)9-11-4-5-12(13)15-14-11/h4-5,10H,3,6-9H2,1-2H3. The van der Waals surface area contributed by atoms with Crippen molar-refractivity contribution in [1.82, 2.24) is 20.0 Å². The van der Waals surface area contributed by atoms with Crippen molar-refractivity contribution < 1.29 is 0 Å². The zero-order valence-corrected chi connectivity index (χ0v) is 11.2. The fourth-order valence-electron chi connectivity index (χ4n) is 2.34. The second-order valence-corrected chi connectivity index (χ2v) is 4.95. The summed E-state index contributed by atoms with van der Waals surface area (Å²) in [5, 5.41) is 8.43. The molecule has 4 nitrogen and oxygen atoms in total. The van der Waals surface area contributed by atoms with Crippen LogP contribution in [-0.2, 0) is 6.54 Å². The van der Waals surface area contributed by atoms with E-state index in [1.165, 1.54) is 0 Å². The molecule has 0 aliphatic carbocycles. The number of piperazine rings is 1. The molecule has 1 aromatic rings. The Morgan fingerprint density at radius 1 is 1.35 bits per heavy atom. The number of rotatable bonds is 3. The largest absolute Gasteiger partial charge is 0.298 e. The van der Waals surface area contributed by atoms with Gasteiger partial charge in [-0.05, 0) is 25.6 Å². The molecule has 94 valence electrons. The van der Waals surface area contributed by atoms with Gasteiger partial charge in [0, 0.05) is 32.2 Å². The molecule has 2 heterocycles. The topological polar surface area (TPSA) is 32.3 Å². The van der Waals surface area contributed by atoms with Crippen LogP contribution in [0, 0.1) is 0 Å². The SMILES string of the molecule is CCN1CCN(Cc2ccc(Cl)nn2)CC1C. The first-order valence-corrected chi connectivity index (χ1v) is 6.51. The van der Waals surface area contributed by atoms with E-state index in [9.17, 15) is 0 Å². The van der Waals surface area contributed by atoms with E-state index in [4.69, 9.17) is 11.6 Å². The van der Waals surface area contributed by atoms with Gasteiger partial charge in [-0.1, -0.05) is 18.5 Å². The normalized spacial score (nSPS) is 22.9. The second kappa shape index (κ2) is 5.76. The highest BCUT2D eigenvalue weighted by Crippen LogP contribution is 2.12. The van der Waals surface area contributed by atoms with Gasteiger partial charge < -0.3 is 0 Å². The van der Waals surface area contributed by atoms with Gasteiger partial charge in [-0.25, -0.2) is 0 Å². The molecule has 0 amide bonds. The molecule has 0 aromatic carbocycles. The van der Waals surface area contributed by atoms with Crippen LogP contribution in [0.25, 0.3) is 0 Å². The van der Waals surface area contributed by atoms with Crippen molar-refractivity contribution in [2.24, 2.45) is 0 Å². The maximum absolute atomic E-state index is 5.72. The predicted molar refractivity (Wildman–Crippen MR) is 69.0 cm³/mol. The maximum atomic E-state index is 5.72. The highest BCUT2D eigenvalue weighted by molar-refractivity contribution is 6.29. The lowest BCUT2D eigenvalue weighted by atomic mass is 10.2. The summed E-state index contributed by atoms with van der Waals surface area (Å²) in [7, 11) is 0. The first-order chi connectivity index (χ1) is 8.19. The zero-order valence-electron chi connectivity index (χ0n) is 10.4. The first kappa shape index (κ1) is 12.7. The van der Waals surface area contributed by atoms with Gasteiger partial charge in [0.25, 0.3) is 0 Å². The van der Waals surface area contributed by atoms with Gasteiger partial charge in [-0.3, -0.25) is 9.80 Å². The molecule has 0 N–H and O–H groups in total. The quantitative estimate of drug-likeness (QED) is 0.821. The minimum absolute atomic E-state index is 0.456. The van der Waals surface area contributed by atoms with Gasteiger partial charge in [0.15, 0.2) is 5.15 Å². The first-order valence-electron chi connectivity index (χ1n) is 6.13. The van der Waals surface area contributed by atoms with Crippen molar-refractivity contribution >= 4 is 11.6 Å². The van der Waals surface area contributed by atoms with Crippen molar-refractivity contribution in [1.29, 1.82) is 0 Å². The second-order valence-electron chi connectivity index (χ2n) is 4.56. The molecule has 1 saturated heterocycles. The Bertz CT molecular complexity index is 354. The molecule has 1 aromatic heterocycles. The van der Waals surface area contributed by atoms with Gasteiger partial charge >= 0.3 is 0 Å². The van der Waals surface area contributed by atoms with E-state index in [1.54, 1.807) is 6.07 Å². The molecule has 0 saturated carbocycles. The van der Waals surface area contributed by atoms with Gasteiger partial charge in [-0.15, -0.1) is 5.10 Å². The van der Waals surface area contributed by atoms with Crippen molar-refractivity contribution in [2.45, 2.75) is 26.4 Å². The van der Waals surface area contributed by atoms with Crippen LogP contribution in [0.4, 0.5) is 0 Å². The lowest BCUT2D eigenvalue weighted by molar-refractivity contribution is 0.0825. The number of hydrogen-bond acceptors (Lipinski definition) is 4. The third-order valence-electron chi connectivity index (χ3n) is 3.33. The number of nitrogens with zero attached hydrogens (tertiary/aromatic N) is 4. The van der Waals surface area contributed by atoms with E-state index < -0.39 is 0 Å². The van der Waals surface area contributed by atoms with E-state index in [0.717, 1.165) is 38.4 Å². The summed E-state index contributed by atoms with van der Waals surface area (Å²) >= 11 is 5.72. The molecule has 1 aliphatic rings. The molecule has 0 bridgehead atoms. The molecule has 17 heavy (non-hydrogen) atoms. The lowest BCUT2D eigenvalue weighted by Crippen LogP contribution is -2.51. The summed E-state index contributed by atoms with van der Waals surface area (Å²) in [5.41, 5.74) is 0.992. The molecule has 5 heteroatoms. The summed E-state index contributed by atoms with van der Waals surface area (Å²) in [6.45, 7) is 9.83. The van der Waals surface area contributed by atoms with E-state index in [0.29, 0.717) is 11.2 Å². The van der Waals surface area contributed by atoms with Crippen LogP contribution in [0.2, 0.25) is 5.15 Å². The van der Waals surface area contributed by atoms with Crippen LogP contribution in [0.3, 0.4) is 0 Å². The van der Waals surface area contributed by atoms with Crippen LogP contribution in [-0.4, -0.2) is 52.2 Å². The van der Waals surface area contributed by atoms with Gasteiger partial charge in [0.2, 0.25) is 0 Å². The van der Waals surface area contributed by atoms with Crippen LogP contribution >= 0.6 is 11.6 Å². The Hall–Kier alpha value is -0.710. The average molecular weight is 255 g/mol. The van der Waals surface area contributed by atoms with Crippen LogP contribution < -0.4 is 0 Å². The van der Waals surface area contributed by atoms with Crippen molar-refractivity contribution in [2.75, 3.05) is 26.2 Å². The number of hydrogen-bond donors (Lipinski definition) is 0. The lowest BCUT2D eigenvalue weighted by Gasteiger charge is -2.39. The maximum Gasteiger partial charge on any atom is 0.151 e. The Labute approximate surface area is 108 Å². The fourth-order valence-corrected chi connectivity index (χ4v) is 2.44.